The summed E-state index contributed by atoms with van der Waals surface area (Å²) in [6.07, 6.45) is 0. The Morgan fingerprint density at radius 2 is 0.976 bits per heavy atom. The summed E-state index contributed by atoms with van der Waals surface area (Å²) in [5.74, 6) is -0.714. The lowest BCUT2D eigenvalue weighted by atomic mass is 9.85. The Kier molecular flexibility index (Phi) is 15.0. The normalized spacial score (nSPS) is 15.9. The van der Waals surface area contributed by atoms with Crippen LogP contribution in [0.15, 0.2) is 83.1 Å². The van der Waals surface area contributed by atoms with Gasteiger partial charge >= 0.3 is 0 Å². The number of rotatable bonds is 13. The zero-order chi connectivity index (χ0) is 28.3. The molecule has 42 heavy (non-hydrogen) atoms. The molecule has 0 atom stereocenters. The SMILES string of the molecule is CCN(CC)CCON=C1c2ccccc2-c2ccccc2C(=NOCCN(CC)CC)C1c1ccc(F)cc1.Cl.Cl. The van der Waals surface area contributed by atoms with Gasteiger partial charge < -0.3 is 19.5 Å². The molecule has 0 unspecified atom stereocenters. The second kappa shape index (κ2) is 17.9. The van der Waals surface area contributed by atoms with Crippen LogP contribution in [0.4, 0.5) is 4.39 Å². The largest absolute Gasteiger partial charge is 0.394 e. The summed E-state index contributed by atoms with van der Waals surface area (Å²) in [5, 5.41) is 9.55. The number of oxime groups is 2. The lowest BCUT2D eigenvalue weighted by Gasteiger charge is -2.21. The van der Waals surface area contributed by atoms with Crippen LogP contribution in [0.5, 0.6) is 0 Å². The van der Waals surface area contributed by atoms with Crippen LogP contribution in [0.2, 0.25) is 0 Å². The molecule has 0 amide bonds. The van der Waals surface area contributed by atoms with Gasteiger partial charge in [-0.2, -0.15) is 0 Å². The van der Waals surface area contributed by atoms with Crippen molar-refractivity contribution in [3.63, 3.8) is 0 Å². The summed E-state index contributed by atoms with van der Waals surface area (Å²) in [7, 11) is 0. The predicted molar refractivity (Wildman–Crippen MR) is 176 cm³/mol. The van der Waals surface area contributed by atoms with Crippen molar-refractivity contribution in [3.8, 4) is 11.1 Å². The minimum atomic E-state index is -0.424. The van der Waals surface area contributed by atoms with Gasteiger partial charge in [0.1, 0.15) is 30.5 Å². The molecule has 9 heteroatoms. The number of fused-ring (bicyclic) bond motifs is 3. The Morgan fingerprint density at radius 1 is 0.595 bits per heavy atom. The highest BCUT2D eigenvalue weighted by molar-refractivity contribution is 6.29. The Hall–Kier alpha value is -2.97. The van der Waals surface area contributed by atoms with E-state index in [1.165, 1.54) is 12.1 Å². The zero-order valence-corrected chi connectivity index (χ0v) is 26.6. The quantitative estimate of drug-likeness (QED) is 0.150. The third kappa shape index (κ3) is 8.54. The van der Waals surface area contributed by atoms with Crippen molar-refractivity contribution in [1.82, 2.24) is 9.80 Å². The van der Waals surface area contributed by atoms with Gasteiger partial charge in [-0.05, 0) is 55.0 Å². The first-order valence-corrected chi connectivity index (χ1v) is 14.4. The fraction of sp³-hybridized carbons (Fsp3) is 0.394. The molecule has 0 saturated heterocycles. The molecule has 0 spiro atoms. The van der Waals surface area contributed by atoms with E-state index in [-0.39, 0.29) is 30.6 Å². The molecule has 3 aromatic rings. The summed E-state index contributed by atoms with van der Waals surface area (Å²) in [4.78, 5) is 16.6. The number of nitrogens with zero attached hydrogens (tertiary/aromatic N) is 4. The van der Waals surface area contributed by atoms with Crippen LogP contribution in [-0.4, -0.2) is 73.7 Å². The second-order valence-corrected chi connectivity index (χ2v) is 9.75. The maximum atomic E-state index is 14.1. The topological polar surface area (TPSA) is 49.7 Å². The maximum absolute atomic E-state index is 14.1. The van der Waals surface area contributed by atoms with Crippen molar-refractivity contribution >= 4 is 36.2 Å². The van der Waals surface area contributed by atoms with Crippen molar-refractivity contribution in [2.24, 2.45) is 10.3 Å². The molecule has 0 aromatic heterocycles. The number of benzene rings is 3. The molecule has 0 radical (unpaired) electrons. The summed E-state index contributed by atoms with van der Waals surface area (Å²) < 4.78 is 14.1. The third-order valence-corrected chi connectivity index (χ3v) is 7.56. The summed E-state index contributed by atoms with van der Waals surface area (Å²) in [6, 6.07) is 23.0. The van der Waals surface area contributed by atoms with E-state index in [9.17, 15) is 4.39 Å². The predicted octanol–water partition coefficient (Wildman–Crippen LogP) is 7.26. The van der Waals surface area contributed by atoms with Crippen LogP contribution in [0.1, 0.15) is 50.3 Å². The van der Waals surface area contributed by atoms with Gasteiger partial charge in [-0.15, -0.1) is 24.8 Å². The molecule has 6 nitrogen and oxygen atoms in total. The fourth-order valence-electron chi connectivity index (χ4n) is 5.15. The summed E-state index contributed by atoms with van der Waals surface area (Å²) in [5.41, 5.74) is 6.33. The highest BCUT2D eigenvalue weighted by Crippen LogP contribution is 2.39. The first-order chi connectivity index (χ1) is 19.6. The van der Waals surface area contributed by atoms with Crippen LogP contribution < -0.4 is 0 Å². The molecule has 228 valence electrons. The van der Waals surface area contributed by atoms with Gasteiger partial charge in [0.15, 0.2) is 0 Å². The van der Waals surface area contributed by atoms with E-state index in [4.69, 9.17) is 20.0 Å². The Bertz CT molecular complexity index is 1220. The average molecular weight is 618 g/mol. The van der Waals surface area contributed by atoms with Crippen molar-refractivity contribution in [1.29, 1.82) is 0 Å². The van der Waals surface area contributed by atoms with Gasteiger partial charge in [-0.1, -0.05) is 98.7 Å². The lowest BCUT2D eigenvalue weighted by Crippen LogP contribution is -2.28. The van der Waals surface area contributed by atoms with Gasteiger partial charge in [0.2, 0.25) is 0 Å². The van der Waals surface area contributed by atoms with E-state index >= 15 is 0 Å². The van der Waals surface area contributed by atoms with E-state index in [0.717, 1.165) is 78.5 Å². The van der Waals surface area contributed by atoms with Crippen molar-refractivity contribution in [2.75, 3.05) is 52.5 Å². The number of hydrogen-bond donors (Lipinski definition) is 0. The highest BCUT2D eigenvalue weighted by atomic mass is 35.5. The van der Waals surface area contributed by atoms with E-state index in [0.29, 0.717) is 13.2 Å². The molecule has 1 aliphatic carbocycles. The van der Waals surface area contributed by atoms with Crippen LogP contribution >= 0.6 is 24.8 Å². The Morgan fingerprint density at radius 3 is 1.36 bits per heavy atom. The van der Waals surface area contributed by atoms with E-state index in [1.54, 1.807) is 12.1 Å². The average Bonchev–Trinajstić information content (AvgIpc) is 3.11. The van der Waals surface area contributed by atoms with E-state index < -0.39 is 5.92 Å². The monoisotopic (exact) mass is 616 g/mol. The molecule has 0 fully saturated rings. The van der Waals surface area contributed by atoms with Gasteiger partial charge in [0.05, 0.1) is 5.92 Å². The van der Waals surface area contributed by atoms with Crippen molar-refractivity contribution < 1.29 is 14.1 Å². The van der Waals surface area contributed by atoms with Gasteiger partial charge in [0, 0.05) is 24.2 Å². The highest BCUT2D eigenvalue weighted by Gasteiger charge is 2.34. The second-order valence-electron chi connectivity index (χ2n) is 9.75. The number of halogens is 3. The molecule has 0 aliphatic heterocycles. The summed E-state index contributed by atoms with van der Waals surface area (Å²) in [6.45, 7) is 14.9. The van der Waals surface area contributed by atoms with Crippen molar-refractivity contribution in [2.45, 2.75) is 33.6 Å². The van der Waals surface area contributed by atoms with Crippen LogP contribution in [0, 0.1) is 5.82 Å². The molecule has 0 bridgehead atoms. The smallest absolute Gasteiger partial charge is 0.129 e. The molecule has 0 heterocycles. The van der Waals surface area contributed by atoms with E-state index in [2.05, 4.69) is 61.8 Å². The number of hydrogen-bond acceptors (Lipinski definition) is 6. The maximum Gasteiger partial charge on any atom is 0.129 e. The first kappa shape index (κ1) is 35.2. The van der Waals surface area contributed by atoms with Gasteiger partial charge in [-0.3, -0.25) is 0 Å². The Labute approximate surface area is 262 Å². The van der Waals surface area contributed by atoms with Gasteiger partial charge in [0.25, 0.3) is 0 Å². The van der Waals surface area contributed by atoms with E-state index in [1.807, 2.05) is 24.3 Å². The zero-order valence-electron chi connectivity index (χ0n) is 25.0. The standard InChI is InChI=1S/C33H41FN4O2.2ClH/c1-5-37(6-2)21-23-39-35-32-29-15-11-9-13-27(29)28-14-10-12-16-30(28)33(36-40-24-22-38(7-3)8-4)31(32)25-17-19-26(34)20-18-25;;/h9-20,31H,5-8,21-24H2,1-4H3;2*1H. The lowest BCUT2D eigenvalue weighted by molar-refractivity contribution is 0.112. The molecule has 3 aromatic carbocycles. The molecule has 0 N–H and O–H groups in total. The van der Waals surface area contributed by atoms with Crippen LogP contribution in [0.3, 0.4) is 0 Å². The molecular weight excluding hydrogens is 574 g/mol. The van der Waals surface area contributed by atoms with Crippen LogP contribution in [0.25, 0.3) is 11.1 Å². The van der Waals surface area contributed by atoms with Gasteiger partial charge in [-0.25, -0.2) is 4.39 Å². The summed E-state index contributed by atoms with van der Waals surface area (Å²) >= 11 is 0. The van der Waals surface area contributed by atoms with Crippen LogP contribution in [-0.2, 0) is 9.68 Å². The fourth-order valence-corrected chi connectivity index (χ4v) is 5.15. The van der Waals surface area contributed by atoms with Crippen molar-refractivity contribution in [3.05, 3.63) is 95.3 Å². The molecule has 4 rings (SSSR count). The Balaban J connectivity index is 0.00000308. The minimum Gasteiger partial charge on any atom is -0.394 e. The molecular formula is C33H43Cl2FN4O2. The number of likely N-dealkylation sites (N-methyl/N-ethyl adjacent to an activating group) is 2. The third-order valence-electron chi connectivity index (χ3n) is 7.56. The first-order valence-electron chi connectivity index (χ1n) is 14.4. The molecule has 1 aliphatic rings. The molecule has 0 saturated carbocycles. The minimum absolute atomic E-state index is 0.